The van der Waals surface area contributed by atoms with Gasteiger partial charge < -0.3 is 4.57 Å². The second-order valence-corrected chi connectivity index (χ2v) is 6.27. The third-order valence-electron chi connectivity index (χ3n) is 4.43. The molecule has 124 valence electrons. The van der Waals surface area contributed by atoms with Crippen LogP contribution in [0.3, 0.4) is 0 Å². The van der Waals surface area contributed by atoms with E-state index >= 15 is 0 Å². The SMILES string of the molecule is O=C(NO)c1ccc(Cn2c3ccccc3c3ccccc32)c(Cl)c1. The van der Waals surface area contributed by atoms with Crippen molar-refractivity contribution in [2.75, 3.05) is 0 Å². The van der Waals surface area contributed by atoms with E-state index in [1.54, 1.807) is 17.6 Å². The van der Waals surface area contributed by atoms with E-state index in [1.807, 2.05) is 30.3 Å². The zero-order valence-electron chi connectivity index (χ0n) is 13.2. The van der Waals surface area contributed by atoms with Crippen molar-refractivity contribution >= 4 is 39.3 Å². The number of nitrogens with one attached hydrogen (secondary N) is 1. The molecule has 0 saturated carbocycles. The van der Waals surface area contributed by atoms with Crippen LogP contribution in [0.1, 0.15) is 15.9 Å². The minimum atomic E-state index is -0.578. The first kappa shape index (κ1) is 15.7. The van der Waals surface area contributed by atoms with Gasteiger partial charge in [-0.25, -0.2) is 5.48 Å². The highest BCUT2D eigenvalue weighted by Gasteiger charge is 2.13. The summed E-state index contributed by atoms with van der Waals surface area (Å²) in [7, 11) is 0. The molecule has 5 heteroatoms. The highest BCUT2D eigenvalue weighted by molar-refractivity contribution is 6.31. The lowest BCUT2D eigenvalue weighted by molar-refractivity contribution is 0.0706. The number of fused-ring (bicyclic) bond motifs is 3. The van der Waals surface area contributed by atoms with Crippen molar-refractivity contribution in [1.29, 1.82) is 0 Å². The standard InChI is InChI=1S/C20H15ClN2O2/c21-17-11-13(20(24)22-25)9-10-14(17)12-23-18-7-3-1-5-15(18)16-6-2-4-8-19(16)23/h1-11,25H,12H2,(H,22,24). The van der Waals surface area contributed by atoms with Gasteiger partial charge in [0.2, 0.25) is 0 Å². The van der Waals surface area contributed by atoms with Crippen LogP contribution in [0.5, 0.6) is 0 Å². The molecule has 0 bridgehead atoms. The maximum atomic E-state index is 11.5. The Morgan fingerprint density at radius 1 is 0.960 bits per heavy atom. The Hall–Kier alpha value is -2.82. The minimum Gasteiger partial charge on any atom is -0.336 e. The molecule has 25 heavy (non-hydrogen) atoms. The molecule has 0 aliphatic heterocycles. The lowest BCUT2D eigenvalue weighted by Gasteiger charge is -2.10. The summed E-state index contributed by atoms with van der Waals surface area (Å²) in [6.07, 6.45) is 0. The summed E-state index contributed by atoms with van der Waals surface area (Å²) in [6, 6.07) is 21.6. The van der Waals surface area contributed by atoms with Crippen LogP contribution in [0.15, 0.2) is 66.7 Å². The smallest absolute Gasteiger partial charge is 0.274 e. The minimum absolute atomic E-state index is 0.318. The molecule has 1 aromatic heterocycles. The Bertz CT molecular complexity index is 1050. The largest absolute Gasteiger partial charge is 0.336 e. The van der Waals surface area contributed by atoms with Crippen LogP contribution in [0, 0.1) is 0 Å². The predicted octanol–water partition coefficient (Wildman–Crippen LogP) is 4.62. The van der Waals surface area contributed by atoms with Gasteiger partial charge >= 0.3 is 0 Å². The van der Waals surface area contributed by atoms with Crippen LogP contribution < -0.4 is 5.48 Å². The van der Waals surface area contributed by atoms with Crippen LogP contribution >= 0.6 is 11.6 Å². The lowest BCUT2D eigenvalue weighted by Crippen LogP contribution is -2.18. The molecule has 2 N–H and O–H groups in total. The number of hydroxylamine groups is 1. The van der Waals surface area contributed by atoms with E-state index in [2.05, 4.69) is 28.8 Å². The molecule has 0 radical (unpaired) electrons. The number of halogens is 1. The Morgan fingerprint density at radius 2 is 1.56 bits per heavy atom. The van der Waals surface area contributed by atoms with Crippen LogP contribution in [0.2, 0.25) is 5.02 Å². The fraction of sp³-hybridized carbons (Fsp3) is 0.0500. The molecule has 0 aliphatic carbocycles. The monoisotopic (exact) mass is 350 g/mol. The van der Waals surface area contributed by atoms with Crippen LogP contribution in [-0.4, -0.2) is 15.7 Å². The number of nitrogens with zero attached hydrogens (tertiary/aromatic N) is 1. The van der Waals surface area contributed by atoms with Gasteiger partial charge in [0.05, 0.1) is 0 Å². The first-order chi connectivity index (χ1) is 12.2. The average molecular weight is 351 g/mol. The molecule has 0 fully saturated rings. The van der Waals surface area contributed by atoms with Crippen molar-refractivity contribution in [1.82, 2.24) is 10.0 Å². The molecule has 0 saturated heterocycles. The summed E-state index contributed by atoms with van der Waals surface area (Å²) in [4.78, 5) is 11.5. The van der Waals surface area contributed by atoms with Gasteiger partial charge in [-0.1, -0.05) is 54.1 Å². The van der Waals surface area contributed by atoms with Crippen molar-refractivity contribution in [2.45, 2.75) is 6.54 Å². The van der Waals surface area contributed by atoms with Gasteiger partial charge in [0, 0.05) is 38.9 Å². The number of para-hydroxylation sites is 2. The highest BCUT2D eigenvalue weighted by atomic mass is 35.5. The van der Waals surface area contributed by atoms with Gasteiger partial charge in [0.15, 0.2) is 0 Å². The van der Waals surface area contributed by atoms with Crippen molar-refractivity contribution in [2.24, 2.45) is 0 Å². The van der Waals surface area contributed by atoms with E-state index in [9.17, 15) is 4.79 Å². The molecule has 4 nitrogen and oxygen atoms in total. The van der Waals surface area contributed by atoms with Crippen LogP contribution in [0.25, 0.3) is 21.8 Å². The summed E-state index contributed by atoms with van der Waals surface area (Å²) in [6.45, 7) is 0.591. The second kappa shape index (κ2) is 6.24. The molecular weight excluding hydrogens is 336 g/mol. The fourth-order valence-corrected chi connectivity index (χ4v) is 3.47. The van der Waals surface area contributed by atoms with E-state index in [-0.39, 0.29) is 0 Å². The molecule has 3 aromatic carbocycles. The van der Waals surface area contributed by atoms with Crippen LogP contribution in [-0.2, 0) is 6.54 Å². The van der Waals surface area contributed by atoms with Gasteiger partial charge in [-0.2, -0.15) is 0 Å². The summed E-state index contributed by atoms with van der Waals surface area (Å²) in [5.74, 6) is -0.578. The molecule has 1 amide bonds. The third kappa shape index (κ3) is 2.65. The summed E-state index contributed by atoms with van der Waals surface area (Å²) < 4.78 is 2.22. The van der Waals surface area contributed by atoms with E-state index in [1.165, 1.54) is 10.8 Å². The zero-order chi connectivity index (χ0) is 17.4. The highest BCUT2D eigenvalue weighted by Crippen LogP contribution is 2.30. The quantitative estimate of drug-likeness (QED) is 0.418. The normalized spacial score (nSPS) is 11.1. The number of carbonyl (C=O) groups excluding carboxylic acids is 1. The molecule has 0 aliphatic rings. The Morgan fingerprint density at radius 3 is 2.12 bits per heavy atom. The van der Waals surface area contributed by atoms with Crippen molar-refractivity contribution in [3.8, 4) is 0 Å². The first-order valence-electron chi connectivity index (χ1n) is 7.88. The van der Waals surface area contributed by atoms with Gasteiger partial charge in [-0.05, 0) is 29.8 Å². The molecule has 0 unspecified atom stereocenters. The number of hydrogen-bond acceptors (Lipinski definition) is 2. The summed E-state index contributed by atoms with van der Waals surface area (Å²) in [5.41, 5.74) is 5.11. The third-order valence-corrected chi connectivity index (χ3v) is 4.78. The lowest BCUT2D eigenvalue weighted by atomic mass is 10.1. The summed E-state index contributed by atoms with van der Waals surface area (Å²) in [5, 5.41) is 11.6. The number of carbonyl (C=O) groups is 1. The number of benzene rings is 3. The molecule has 1 heterocycles. The number of aromatic nitrogens is 1. The fourth-order valence-electron chi connectivity index (χ4n) is 3.23. The topological polar surface area (TPSA) is 54.3 Å². The number of hydrogen-bond donors (Lipinski definition) is 2. The van der Waals surface area contributed by atoms with E-state index in [0.717, 1.165) is 16.6 Å². The summed E-state index contributed by atoms with van der Waals surface area (Å²) >= 11 is 6.37. The zero-order valence-corrected chi connectivity index (χ0v) is 14.0. The van der Waals surface area contributed by atoms with E-state index in [0.29, 0.717) is 17.1 Å². The molecule has 4 rings (SSSR count). The van der Waals surface area contributed by atoms with E-state index in [4.69, 9.17) is 16.8 Å². The van der Waals surface area contributed by atoms with Gasteiger partial charge in [0.1, 0.15) is 0 Å². The molecule has 0 spiro atoms. The van der Waals surface area contributed by atoms with E-state index < -0.39 is 5.91 Å². The van der Waals surface area contributed by atoms with Gasteiger partial charge in [-0.3, -0.25) is 10.0 Å². The van der Waals surface area contributed by atoms with Crippen molar-refractivity contribution < 1.29 is 10.0 Å². The number of amides is 1. The molecular formula is C20H15ClN2O2. The Labute approximate surface area is 149 Å². The Kier molecular flexibility index (Phi) is 3.92. The number of rotatable bonds is 3. The molecule has 0 atom stereocenters. The van der Waals surface area contributed by atoms with Gasteiger partial charge in [0.25, 0.3) is 5.91 Å². The second-order valence-electron chi connectivity index (χ2n) is 5.87. The Balaban J connectivity index is 1.84. The first-order valence-corrected chi connectivity index (χ1v) is 8.25. The van der Waals surface area contributed by atoms with Crippen LogP contribution in [0.4, 0.5) is 0 Å². The molecule has 4 aromatic rings. The maximum Gasteiger partial charge on any atom is 0.274 e. The van der Waals surface area contributed by atoms with Crippen molar-refractivity contribution in [3.05, 3.63) is 82.9 Å². The van der Waals surface area contributed by atoms with Gasteiger partial charge in [-0.15, -0.1) is 0 Å². The predicted molar refractivity (Wildman–Crippen MR) is 99.3 cm³/mol. The van der Waals surface area contributed by atoms with Crippen molar-refractivity contribution in [3.63, 3.8) is 0 Å². The average Bonchev–Trinajstić information content (AvgIpc) is 2.97. The maximum absolute atomic E-state index is 11.5.